The molecule has 2 aromatic rings. The maximum atomic E-state index is 5.74. The molecule has 0 amide bonds. The van der Waals surface area contributed by atoms with E-state index in [1.165, 1.54) is 69.8 Å². The molecule has 0 fully saturated rings. The zero-order chi connectivity index (χ0) is 21.3. The molecule has 3 nitrogen and oxygen atoms in total. The van der Waals surface area contributed by atoms with Gasteiger partial charge in [-0.1, -0.05) is 89.5 Å². The summed E-state index contributed by atoms with van der Waals surface area (Å²) < 4.78 is 11.3. The van der Waals surface area contributed by atoms with Crippen LogP contribution in [0.3, 0.4) is 0 Å². The second kappa shape index (κ2) is 15.9. The average molecular weight is 412 g/mol. The number of hydrogen-bond acceptors (Lipinski definition) is 3. The Labute approximate surface area is 184 Å². The van der Waals surface area contributed by atoms with Crippen molar-refractivity contribution in [2.24, 2.45) is 0 Å². The number of aromatic nitrogens is 1. The Morgan fingerprint density at radius 3 is 2.07 bits per heavy atom. The molecule has 0 saturated carbocycles. The number of benzene rings is 1. The normalized spacial score (nSPS) is 11.0. The first-order chi connectivity index (χ1) is 14.8. The van der Waals surface area contributed by atoms with Crippen LogP contribution in [0.1, 0.15) is 83.6 Å². The molecule has 0 radical (unpaired) electrons. The van der Waals surface area contributed by atoms with Gasteiger partial charge < -0.3 is 9.47 Å². The monoisotopic (exact) mass is 411 g/mol. The zero-order valence-corrected chi connectivity index (χ0v) is 19.2. The van der Waals surface area contributed by atoms with Gasteiger partial charge >= 0.3 is 0 Å². The summed E-state index contributed by atoms with van der Waals surface area (Å²) in [5, 5.41) is 0. The summed E-state index contributed by atoms with van der Waals surface area (Å²) in [6, 6.07) is 12.9. The van der Waals surface area contributed by atoms with Crippen LogP contribution in [-0.2, 0) is 11.2 Å². The summed E-state index contributed by atoms with van der Waals surface area (Å²) in [5.41, 5.74) is 3.56. The van der Waals surface area contributed by atoms with Crippen molar-refractivity contribution < 1.29 is 9.47 Å². The Morgan fingerprint density at radius 2 is 1.37 bits per heavy atom. The second-order valence-electron chi connectivity index (χ2n) is 8.12. The van der Waals surface area contributed by atoms with Crippen LogP contribution in [0.25, 0.3) is 11.3 Å². The molecule has 1 aromatic carbocycles. The molecule has 166 valence electrons. The van der Waals surface area contributed by atoms with Crippen molar-refractivity contribution in [2.45, 2.75) is 84.5 Å². The van der Waals surface area contributed by atoms with Crippen LogP contribution in [0, 0.1) is 0 Å². The molecular weight excluding hydrogens is 370 g/mol. The molecule has 1 heterocycles. The van der Waals surface area contributed by atoms with Gasteiger partial charge in [-0.2, -0.15) is 0 Å². The highest BCUT2D eigenvalue weighted by molar-refractivity contribution is 5.59. The predicted molar refractivity (Wildman–Crippen MR) is 127 cm³/mol. The van der Waals surface area contributed by atoms with Gasteiger partial charge in [0.2, 0.25) is 0 Å². The quantitative estimate of drug-likeness (QED) is 0.251. The third-order valence-electron chi connectivity index (χ3n) is 5.44. The number of aryl methyl sites for hydroxylation is 1. The number of ether oxygens (including phenoxy) is 2. The molecule has 1 aromatic heterocycles. The number of hydrogen-bond donors (Lipinski definition) is 0. The van der Waals surface area contributed by atoms with Crippen LogP contribution >= 0.6 is 0 Å². The number of unbranched alkanes of at least 4 members (excludes halogenated alkanes) is 8. The second-order valence-corrected chi connectivity index (χ2v) is 8.12. The van der Waals surface area contributed by atoms with Crippen LogP contribution in [0.5, 0.6) is 5.75 Å². The van der Waals surface area contributed by atoms with Crippen molar-refractivity contribution >= 4 is 0 Å². The van der Waals surface area contributed by atoms with E-state index in [4.69, 9.17) is 9.47 Å². The minimum Gasteiger partial charge on any atom is -0.490 e. The van der Waals surface area contributed by atoms with Gasteiger partial charge in [-0.15, -0.1) is 0 Å². The van der Waals surface area contributed by atoms with E-state index in [1.807, 2.05) is 12.1 Å². The van der Waals surface area contributed by atoms with Gasteiger partial charge in [0, 0.05) is 12.2 Å². The first-order valence-electron chi connectivity index (χ1n) is 12.1. The van der Waals surface area contributed by atoms with Crippen molar-refractivity contribution in [3.05, 3.63) is 48.2 Å². The van der Waals surface area contributed by atoms with Gasteiger partial charge in [-0.3, -0.25) is 4.98 Å². The van der Waals surface area contributed by atoms with Crippen molar-refractivity contribution in [1.29, 1.82) is 0 Å². The average Bonchev–Trinajstić information content (AvgIpc) is 2.79. The van der Waals surface area contributed by atoms with E-state index in [1.54, 1.807) is 6.20 Å². The lowest BCUT2D eigenvalue weighted by Crippen LogP contribution is -2.07. The Bertz CT molecular complexity index is 652. The summed E-state index contributed by atoms with van der Waals surface area (Å²) in [6.45, 7) is 6.52. The molecule has 0 unspecified atom stereocenters. The molecule has 0 N–H and O–H groups in total. The zero-order valence-electron chi connectivity index (χ0n) is 19.2. The largest absolute Gasteiger partial charge is 0.490 e. The van der Waals surface area contributed by atoms with Crippen LogP contribution in [-0.4, -0.2) is 24.8 Å². The van der Waals surface area contributed by atoms with Crippen molar-refractivity contribution in [1.82, 2.24) is 4.98 Å². The SMILES string of the molecule is CCCCCCCCc1ccc(-c2ccc(OCCOCCCCCC)cn2)cc1. The topological polar surface area (TPSA) is 31.4 Å². The lowest BCUT2D eigenvalue weighted by molar-refractivity contribution is 0.0970. The molecule has 0 spiro atoms. The minimum absolute atomic E-state index is 0.571. The first-order valence-corrected chi connectivity index (χ1v) is 12.1. The maximum absolute atomic E-state index is 5.74. The third kappa shape index (κ3) is 10.2. The summed E-state index contributed by atoms with van der Waals surface area (Å²) >= 11 is 0. The highest BCUT2D eigenvalue weighted by atomic mass is 16.5. The van der Waals surface area contributed by atoms with Gasteiger partial charge in [-0.05, 0) is 37.0 Å². The number of rotatable bonds is 17. The molecule has 3 heteroatoms. The standard InChI is InChI=1S/C27H41NO2/c1-3-5-7-9-10-11-13-24-14-16-25(17-15-24)27-19-18-26(23-28-27)30-22-21-29-20-12-8-6-4-2/h14-19,23H,3-13,20-22H2,1-2H3. The maximum Gasteiger partial charge on any atom is 0.137 e. The summed E-state index contributed by atoms with van der Waals surface area (Å²) in [6.07, 6.45) is 16.0. The van der Waals surface area contributed by atoms with Crippen LogP contribution in [0.15, 0.2) is 42.6 Å². The molecule has 0 aliphatic rings. The summed E-state index contributed by atoms with van der Waals surface area (Å²) in [4.78, 5) is 4.57. The van der Waals surface area contributed by atoms with Crippen LogP contribution < -0.4 is 4.74 Å². The van der Waals surface area contributed by atoms with Gasteiger partial charge in [0.1, 0.15) is 12.4 Å². The molecule has 0 aliphatic heterocycles. The summed E-state index contributed by atoms with van der Waals surface area (Å²) in [7, 11) is 0. The Balaban J connectivity index is 1.65. The van der Waals surface area contributed by atoms with E-state index in [-0.39, 0.29) is 0 Å². The van der Waals surface area contributed by atoms with Crippen LogP contribution in [0.2, 0.25) is 0 Å². The Hall–Kier alpha value is -1.87. The molecule has 0 aliphatic carbocycles. The first kappa shape index (κ1) is 24.4. The Morgan fingerprint density at radius 1 is 0.667 bits per heavy atom. The van der Waals surface area contributed by atoms with Gasteiger partial charge in [-0.25, -0.2) is 0 Å². The molecule has 0 bridgehead atoms. The highest BCUT2D eigenvalue weighted by Crippen LogP contribution is 2.21. The van der Waals surface area contributed by atoms with E-state index in [2.05, 4.69) is 43.1 Å². The molecule has 0 atom stereocenters. The molecule has 0 saturated heterocycles. The van der Waals surface area contributed by atoms with Crippen molar-refractivity contribution in [3.63, 3.8) is 0 Å². The van der Waals surface area contributed by atoms with Gasteiger partial charge in [0.15, 0.2) is 0 Å². The Kier molecular flexibility index (Phi) is 12.9. The van der Waals surface area contributed by atoms with E-state index in [0.29, 0.717) is 13.2 Å². The van der Waals surface area contributed by atoms with Gasteiger partial charge in [0.25, 0.3) is 0 Å². The lowest BCUT2D eigenvalue weighted by atomic mass is 10.0. The van der Waals surface area contributed by atoms with E-state index >= 15 is 0 Å². The fraction of sp³-hybridized carbons (Fsp3) is 0.593. The third-order valence-corrected chi connectivity index (χ3v) is 5.44. The number of nitrogens with zero attached hydrogens (tertiary/aromatic N) is 1. The van der Waals surface area contributed by atoms with Crippen LogP contribution in [0.4, 0.5) is 0 Å². The molecular formula is C27H41NO2. The minimum atomic E-state index is 0.571. The fourth-order valence-electron chi connectivity index (χ4n) is 3.54. The van der Waals surface area contributed by atoms with E-state index in [0.717, 1.165) is 30.0 Å². The number of pyridine rings is 1. The smallest absolute Gasteiger partial charge is 0.137 e. The van der Waals surface area contributed by atoms with E-state index in [9.17, 15) is 0 Å². The fourth-order valence-corrected chi connectivity index (χ4v) is 3.54. The predicted octanol–water partition coefficient (Wildman–Crippen LogP) is 7.63. The van der Waals surface area contributed by atoms with E-state index < -0.39 is 0 Å². The molecule has 2 rings (SSSR count). The summed E-state index contributed by atoms with van der Waals surface area (Å²) in [5.74, 6) is 0.799. The highest BCUT2D eigenvalue weighted by Gasteiger charge is 2.02. The van der Waals surface area contributed by atoms with Crippen molar-refractivity contribution in [3.8, 4) is 17.0 Å². The van der Waals surface area contributed by atoms with Crippen molar-refractivity contribution in [2.75, 3.05) is 19.8 Å². The molecule has 30 heavy (non-hydrogen) atoms. The van der Waals surface area contributed by atoms with Gasteiger partial charge in [0.05, 0.1) is 18.5 Å². The lowest BCUT2D eigenvalue weighted by Gasteiger charge is -2.08.